The van der Waals surface area contributed by atoms with E-state index in [-0.39, 0.29) is 12.4 Å². The SMILES string of the molecule is C=C(CNC1CC1)COc1cc(F)cc(F)c1. The van der Waals surface area contributed by atoms with Crippen molar-refractivity contribution in [2.75, 3.05) is 13.2 Å². The molecule has 1 fully saturated rings. The first-order valence-corrected chi connectivity index (χ1v) is 5.62. The fourth-order valence-corrected chi connectivity index (χ4v) is 1.42. The predicted molar refractivity (Wildman–Crippen MR) is 62.0 cm³/mol. The first kappa shape index (κ1) is 12.0. The summed E-state index contributed by atoms with van der Waals surface area (Å²) in [5, 5.41) is 3.29. The maximum atomic E-state index is 12.9. The van der Waals surface area contributed by atoms with Crippen LogP contribution < -0.4 is 10.1 Å². The molecule has 0 atom stereocenters. The normalized spacial score (nSPS) is 14.7. The monoisotopic (exact) mass is 239 g/mol. The molecule has 17 heavy (non-hydrogen) atoms. The lowest BCUT2D eigenvalue weighted by atomic mass is 10.3. The Hall–Kier alpha value is -1.42. The largest absolute Gasteiger partial charge is 0.489 e. The zero-order valence-corrected chi connectivity index (χ0v) is 9.51. The van der Waals surface area contributed by atoms with Crippen molar-refractivity contribution < 1.29 is 13.5 Å². The molecule has 0 bridgehead atoms. The lowest BCUT2D eigenvalue weighted by Crippen LogP contribution is -2.21. The highest BCUT2D eigenvalue weighted by molar-refractivity contribution is 5.24. The van der Waals surface area contributed by atoms with E-state index in [1.54, 1.807) is 0 Å². The molecule has 1 saturated carbocycles. The summed E-state index contributed by atoms with van der Waals surface area (Å²) >= 11 is 0. The highest BCUT2D eigenvalue weighted by Gasteiger charge is 2.20. The van der Waals surface area contributed by atoms with Crippen LogP contribution in [0.5, 0.6) is 5.75 Å². The first-order valence-electron chi connectivity index (χ1n) is 5.62. The minimum atomic E-state index is -0.637. The van der Waals surface area contributed by atoms with Crippen molar-refractivity contribution in [3.8, 4) is 5.75 Å². The van der Waals surface area contributed by atoms with Gasteiger partial charge in [-0.25, -0.2) is 8.78 Å². The summed E-state index contributed by atoms with van der Waals surface area (Å²) < 4.78 is 31.0. The molecule has 4 heteroatoms. The van der Waals surface area contributed by atoms with Crippen molar-refractivity contribution >= 4 is 0 Å². The molecule has 1 aromatic rings. The van der Waals surface area contributed by atoms with E-state index in [1.165, 1.54) is 12.8 Å². The molecule has 2 rings (SSSR count). The van der Waals surface area contributed by atoms with E-state index in [4.69, 9.17) is 4.74 Å². The van der Waals surface area contributed by atoms with Gasteiger partial charge in [-0.2, -0.15) is 0 Å². The molecule has 2 nitrogen and oxygen atoms in total. The number of nitrogens with one attached hydrogen (secondary N) is 1. The topological polar surface area (TPSA) is 21.3 Å². The van der Waals surface area contributed by atoms with Gasteiger partial charge in [0.05, 0.1) is 0 Å². The molecule has 1 aliphatic rings. The smallest absolute Gasteiger partial charge is 0.129 e. The average molecular weight is 239 g/mol. The zero-order chi connectivity index (χ0) is 12.3. The third kappa shape index (κ3) is 4.15. The number of hydrogen-bond donors (Lipinski definition) is 1. The molecular weight excluding hydrogens is 224 g/mol. The van der Waals surface area contributed by atoms with Gasteiger partial charge in [-0.3, -0.25) is 0 Å². The fraction of sp³-hybridized carbons (Fsp3) is 0.385. The van der Waals surface area contributed by atoms with E-state index in [9.17, 15) is 8.78 Å². The van der Waals surface area contributed by atoms with E-state index in [0.29, 0.717) is 12.6 Å². The van der Waals surface area contributed by atoms with E-state index < -0.39 is 11.6 Å². The van der Waals surface area contributed by atoms with Crippen LogP contribution in [0.4, 0.5) is 8.78 Å². The molecule has 92 valence electrons. The van der Waals surface area contributed by atoms with Gasteiger partial charge >= 0.3 is 0 Å². The minimum Gasteiger partial charge on any atom is -0.489 e. The molecule has 0 saturated heterocycles. The Morgan fingerprint density at radius 2 is 1.94 bits per heavy atom. The van der Waals surface area contributed by atoms with Crippen molar-refractivity contribution in [2.45, 2.75) is 18.9 Å². The van der Waals surface area contributed by atoms with Crippen LogP contribution in [-0.4, -0.2) is 19.2 Å². The molecule has 0 aliphatic heterocycles. The van der Waals surface area contributed by atoms with Gasteiger partial charge in [-0.15, -0.1) is 0 Å². The number of ether oxygens (including phenoxy) is 1. The molecule has 0 heterocycles. The fourth-order valence-electron chi connectivity index (χ4n) is 1.42. The number of hydrogen-bond acceptors (Lipinski definition) is 2. The Morgan fingerprint density at radius 3 is 2.53 bits per heavy atom. The third-order valence-corrected chi connectivity index (χ3v) is 2.50. The average Bonchev–Trinajstić information content (AvgIpc) is 3.06. The van der Waals surface area contributed by atoms with E-state index >= 15 is 0 Å². The number of halogens is 2. The Labute approximate surface area is 99.3 Å². The van der Waals surface area contributed by atoms with Gasteiger partial charge < -0.3 is 10.1 Å². The van der Waals surface area contributed by atoms with Crippen molar-refractivity contribution in [3.05, 3.63) is 42.0 Å². The van der Waals surface area contributed by atoms with Crippen LogP contribution >= 0.6 is 0 Å². The summed E-state index contributed by atoms with van der Waals surface area (Å²) in [5.74, 6) is -1.08. The second kappa shape index (κ2) is 5.27. The summed E-state index contributed by atoms with van der Waals surface area (Å²) in [4.78, 5) is 0. The van der Waals surface area contributed by atoms with Gasteiger partial charge in [0, 0.05) is 30.8 Å². The van der Waals surface area contributed by atoms with Gasteiger partial charge in [-0.1, -0.05) is 6.58 Å². The third-order valence-electron chi connectivity index (χ3n) is 2.50. The molecule has 0 radical (unpaired) electrons. The van der Waals surface area contributed by atoms with Gasteiger partial charge in [0.15, 0.2) is 0 Å². The molecule has 0 amide bonds. The molecule has 1 N–H and O–H groups in total. The summed E-state index contributed by atoms with van der Waals surface area (Å²) in [6.07, 6.45) is 2.42. The Morgan fingerprint density at radius 1 is 1.29 bits per heavy atom. The maximum Gasteiger partial charge on any atom is 0.129 e. The summed E-state index contributed by atoms with van der Waals surface area (Å²) in [5.41, 5.74) is 0.863. The number of benzene rings is 1. The summed E-state index contributed by atoms with van der Waals surface area (Å²) in [6, 6.07) is 3.74. The van der Waals surface area contributed by atoms with Crippen LogP contribution in [0.2, 0.25) is 0 Å². The van der Waals surface area contributed by atoms with Gasteiger partial charge in [0.1, 0.15) is 24.0 Å². The van der Waals surface area contributed by atoms with Crippen molar-refractivity contribution in [3.63, 3.8) is 0 Å². The lowest BCUT2D eigenvalue weighted by molar-refractivity contribution is 0.343. The first-order chi connectivity index (χ1) is 8.13. The molecule has 0 unspecified atom stereocenters. The molecule has 0 aromatic heterocycles. The molecular formula is C13H15F2NO. The Balaban J connectivity index is 1.77. The van der Waals surface area contributed by atoms with Crippen LogP contribution in [0.25, 0.3) is 0 Å². The number of rotatable bonds is 6. The van der Waals surface area contributed by atoms with Crippen LogP contribution in [0.1, 0.15) is 12.8 Å². The highest BCUT2D eigenvalue weighted by atomic mass is 19.1. The molecule has 0 spiro atoms. The predicted octanol–water partition coefficient (Wildman–Crippen LogP) is 2.65. The van der Waals surface area contributed by atoms with Crippen molar-refractivity contribution in [2.24, 2.45) is 0 Å². The minimum absolute atomic E-state index is 0.190. The van der Waals surface area contributed by atoms with E-state index in [0.717, 1.165) is 23.8 Å². The van der Waals surface area contributed by atoms with Crippen LogP contribution in [-0.2, 0) is 0 Å². The van der Waals surface area contributed by atoms with Crippen LogP contribution in [0.3, 0.4) is 0 Å². The van der Waals surface area contributed by atoms with Gasteiger partial charge in [0.25, 0.3) is 0 Å². The zero-order valence-electron chi connectivity index (χ0n) is 9.51. The maximum absolute atomic E-state index is 12.9. The van der Waals surface area contributed by atoms with Crippen LogP contribution in [0.15, 0.2) is 30.4 Å². The molecule has 1 aromatic carbocycles. The van der Waals surface area contributed by atoms with Crippen molar-refractivity contribution in [1.82, 2.24) is 5.32 Å². The van der Waals surface area contributed by atoms with Crippen LogP contribution in [0, 0.1) is 11.6 Å². The second-order valence-electron chi connectivity index (χ2n) is 4.30. The lowest BCUT2D eigenvalue weighted by Gasteiger charge is -2.09. The quantitative estimate of drug-likeness (QED) is 0.770. The van der Waals surface area contributed by atoms with E-state index in [1.807, 2.05) is 0 Å². The standard InChI is InChI=1S/C13H15F2NO/c1-9(7-16-12-2-3-12)8-17-13-5-10(14)4-11(15)6-13/h4-6,12,16H,1-3,7-8H2. The molecule has 1 aliphatic carbocycles. The Bertz CT molecular complexity index is 396. The second-order valence-corrected chi connectivity index (χ2v) is 4.30. The summed E-state index contributed by atoms with van der Waals surface area (Å²) in [7, 11) is 0. The highest BCUT2D eigenvalue weighted by Crippen LogP contribution is 2.19. The summed E-state index contributed by atoms with van der Waals surface area (Å²) in [6.45, 7) is 4.79. The van der Waals surface area contributed by atoms with E-state index in [2.05, 4.69) is 11.9 Å². The Kier molecular flexibility index (Phi) is 3.74. The van der Waals surface area contributed by atoms with Crippen molar-refractivity contribution in [1.29, 1.82) is 0 Å². The van der Waals surface area contributed by atoms with Gasteiger partial charge in [-0.05, 0) is 18.4 Å². The van der Waals surface area contributed by atoms with Gasteiger partial charge in [0.2, 0.25) is 0 Å².